The van der Waals surface area contributed by atoms with E-state index in [1.165, 1.54) is 199 Å². The van der Waals surface area contributed by atoms with Gasteiger partial charge in [0.15, 0.2) is 0 Å². The summed E-state index contributed by atoms with van der Waals surface area (Å²) < 4.78 is 0. The minimum Gasteiger partial charge on any atom is -0.394 e. The molecule has 0 aliphatic heterocycles. The summed E-state index contributed by atoms with van der Waals surface area (Å²) in [6, 6.07) is -0.828. The van der Waals surface area contributed by atoms with Crippen LogP contribution in [0.25, 0.3) is 0 Å². The van der Waals surface area contributed by atoms with Gasteiger partial charge in [0.2, 0.25) is 5.91 Å². The molecule has 332 valence electrons. The van der Waals surface area contributed by atoms with Gasteiger partial charge in [-0.1, -0.05) is 237 Å². The number of aliphatic hydroxyl groups is 3. The molecule has 0 bridgehead atoms. The summed E-state index contributed by atoms with van der Waals surface area (Å²) in [6.07, 6.45) is 57.5. The normalized spacial score (nSPS) is 13.6. The Hall–Kier alpha value is -1.17. The molecule has 0 aliphatic rings. The van der Waals surface area contributed by atoms with Crippen molar-refractivity contribution >= 4 is 5.91 Å². The monoisotopic (exact) mass is 790 g/mol. The predicted octanol–water partition coefficient (Wildman–Crippen LogP) is 14.9. The Morgan fingerprint density at radius 2 is 0.732 bits per heavy atom. The maximum atomic E-state index is 12.4. The quantitative estimate of drug-likeness (QED) is 0.0365. The lowest BCUT2D eigenvalue weighted by Crippen LogP contribution is -2.50. The van der Waals surface area contributed by atoms with Gasteiger partial charge in [0.1, 0.15) is 6.10 Å². The second kappa shape index (κ2) is 46.5. The number of carbonyl (C=O) groups is 1. The van der Waals surface area contributed by atoms with Gasteiger partial charge in [-0.2, -0.15) is 0 Å². The molecule has 0 aliphatic carbocycles. The van der Waals surface area contributed by atoms with Gasteiger partial charge < -0.3 is 20.6 Å². The number of rotatable bonds is 46. The molecule has 0 radical (unpaired) electrons. The molecule has 0 spiro atoms. The molecule has 0 fully saturated rings. The molecule has 1 amide bonds. The highest BCUT2D eigenvalue weighted by Gasteiger charge is 2.26. The van der Waals surface area contributed by atoms with E-state index in [2.05, 4.69) is 43.5 Å². The summed E-state index contributed by atoms with van der Waals surface area (Å²) in [5.74, 6) is -0.154. The molecule has 0 aromatic carbocycles. The molecule has 3 atom stereocenters. The number of allylic oxidation sites excluding steroid dienone is 4. The zero-order valence-electron chi connectivity index (χ0n) is 37.8. The van der Waals surface area contributed by atoms with Gasteiger partial charge in [0, 0.05) is 6.42 Å². The zero-order valence-corrected chi connectivity index (χ0v) is 37.8. The van der Waals surface area contributed by atoms with Gasteiger partial charge in [0.25, 0.3) is 0 Å². The van der Waals surface area contributed by atoms with Crippen LogP contribution in [0.1, 0.15) is 271 Å². The van der Waals surface area contributed by atoms with Crippen LogP contribution in [0.2, 0.25) is 0 Å². The molecule has 0 heterocycles. The maximum absolute atomic E-state index is 12.4. The Morgan fingerprint density at radius 3 is 1.09 bits per heavy atom. The minimum atomic E-state index is -1.16. The number of carbonyl (C=O) groups excluding carboxylic acids is 1. The SMILES string of the molecule is CCCCCC/C=C/CC/C=C/CCCC(O)C(O)C(CO)NC(=O)CCCCCCCCCCCCCCCCCCCCCCCCCCCCCCC. The van der Waals surface area contributed by atoms with E-state index in [1.54, 1.807) is 0 Å². The third-order valence-electron chi connectivity index (χ3n) is 11.8. The Bertz CT molecular complexity index is 829. The minimum absolute atomic E-state index is 0.154. The van der Waals surface area contributed by atoms with Crippen molar-refractivity contribution in [2.45, 2.75) is 289 Å². The van der Waals surface area contributed by atoms with E-state index in [1.807, 2.05) is 0 Å². The Morgan fingerprint density at radius 1 is 0.429 bits per heavy atom. The molecule has 4 N–H and O–H groups in total. The fraction of sp³-hybridized carbons (Fsp3) is 0.902. The van der Waals surface area contributed by atoms with Crippen LogP contribution in [-0.4, -0.2) is 46.1 Å². The first-order chi connectivity index (χ1) is 27.6. The first-order valence-corrected chi connectivity index (χ1v) is 25.1. The topological polar surface area (TPSA) is 89.8 Å². The van der Waals surface area contributed by atoms with Crippen molar-refractivity contribution in [1.82, 2.24) is 5.32 Å². The number of nitrogens with one attached hydrogen (secondary N) is 1. The fourth-order valence-corrected chi connectivity index (χ4v) is 7.89. The largest absolute Gasteiger partial charge is 0.394 e. The van der Waals surface area contributed by atoms with Crippen LogP contribution < -0.4 is 5.32 Å². The average molecular weight is 790 g/mol. The summed E-state index contributed by atoms with van der Waals surface area (Å²) in [5.41, 5.74) is 0. The number of aliphatic hydroxyl groups excluding tert-OH is 3. The van der Waals surface area contributed by atoms with Gasteiger partial charge in [-0.3, -0.25) is 4.79 Å². The number of hydrogen-bond acceptors (Lipinski definition) is 4. The van der Waals surface area contributed by atoms with Crippen molar-refractivity contribution < 1.29 is 20.1 Å². The molecule has 5 nitrogen and oxygen atoms in total. The smallest absolute Gasteiger partial charge is 0.220 e. The first-order valence-electron chi connectivity index (χ1n) is 25.1. The standard InChI is InChI=1S/C51H99NO4/c1-3-5-7-9-11-13-15-17-18-19-20-21-22-23-24-25-26-27-28-29-30-31-32-34-36-38-40-42-44-46-50(55)52-48(47-53)51(56)49(54)45-43-41-39-37-35-33-16-14-12-10-8-6-4-2/h14,16,37,39,48-49,51,53-54,56H,3-13,15,17-36,38,40-47H2,1-2H3,(H,52,55)/b16-14+,39-37+. The van der Waals surface area contributed by atoms with Crippen molar-refractivity contribution in [3.05, 3.63) is 24.3 Å². The van der Waals surface area contributed by atoms with Gasteiger partial charge in [-0.15, -0.1) is 0 Å². The molecule has 0 aromatic rings. The highest BCUT2D eigenvalue weighted by molar-refractivity contribution is 5.76. The van der Waals surface area contributed by atoms with E-state index in [-0.39, 0.29) is 12.5 Å². The summed E-state index contributed by atoms with van der Waals surface area (Å²) in [6.45, 7) is 4.16. The van der Waals surface area contributed by atoms with Crippen LogP contribution in [-0.2, 0) is 4.79 Å². The molecule has 56 heavy (non-hydrogen) atoms. The van der Waals surface area contributed by atoms with Crippen molar-refractivity contribution in [2.75, 3.05) is 6.61 Å². The number of hydrogen-bond donors (Lipinski definition) is 4. The lowest BCUT2D eigenvalue weighted by Gasteiger charge is -2.26. The van der Waals surface area contributed by atoms with E-state index in [4.69, 9.17) is 0 Å². The fourth-order valence-electron chi connectivity index (χ4n) is 7.89. The molecule has 5 heteroatoms. The molecular weight excluding hydrogens is 691 g/mol. The van der Waals surface area contributed by atoms with Crippen LogP contribution in [0.15, 0.2) is 24.3 Å². The third-order valence-corrected chi connectivity index (χ3v) is 11.8. The van der Waals surface area contributed by atoms with E-state index in [0.29, 0.717) is 12.8 Å². The van der Waals surface area contributed by atoms with Crippen LogP contribution in [0.5, 0.6) is 0 Å². The van der Waals surface area contributed by atoms with Crippen molar-refractivity contribution in [3.8, 4) is 0 Å². The number of amides is 1. The third kappa shape index (κ3) is 41.0. The van der Waals surface area contributed by atoms with E-state index in [0.717, 1.165) is 44.9 Å². The maximum Gasteiger partial charge on any atom is 0.220 e. The molecule has 0 rings (SSSR count). The lowest BCUT2D eigenvalue weighted by molar-refractivity contribution is -0.124. The molecule has 0 aromatic heterocycles. The van der Waals surface area contributed by atoms with Crippen molar-refractivity contribution in [1.29, 1.82) is 0 Å². The zero-order chi connectivity index (χ0) is 40.8. The highest BCUT2D eigenvalue weighted by Crippen LogP contribution is 2.17. The summed E-state index contributed by atoms with van der Waals surface area (Å²) >= 11 is 0. The second-order valence-electron chi connectivity index (χ2n) is 17.4. The van der Waals surface area contributed by atoms with Gasteiger partial charge in [-0.25, -0.2) is 0 Å². The van der Waals surface area contributed by atoms with E-state index >= 15 is 0 Å². The molecule has 3 unspecified atom stereocenters. The van der Waals surface area contributed by atoms with E-state index in [9.17, 15) is 20.1 Å². The van der Waals surface area contributed by atoms with Crippen LogP contribution >= 0.6 is 0 Å². The van der Waals surface area contributed by atoms with Crippen molar-refractivity contribution in [3.63, 3.8) is 0 Å². The second-order valence-corrected chi connectivity index (χ2v) is 17.4. The lowest BCUT2D eigenvalue weighted by atomic mass is 10.0. The predicted molar refractivity (Wildman–Crippen MR) is 245 cm³/mol. The molecule has 0 saturated heterocycles. The Balaban J connectivity index is 3.51. The number of unbranched alkanes of at least 4 members (excludes halogenated alkanes) is 34. The highest BCUT2D eigenvalue weighted by atomic mass is 16.3. The van der Waals surface area contributed by atoms with Gasteiger partial charge in [-0.05, 0) is 51.4 Å². The molecule has 0 saturated carbocycles. The summed E-state index contributed by atoms with van der Waals surface area (Å²) in [4.78, 5) is 12.4. The van der Waals surface area contributed by atoms with Crippen LogP contribution in [0.4, 0.5) is 0 Å². The first kappa shape index (κ1) is 54.8. The van der Waals surface area contributed by atoms with Gasteiger partial charge in [0.05, 0.1) is 18.8 Å². The van der Waals surface area contributed by atoms with Gasteiger partial charge >= 0.3 is 0 Å². The molecular formula is C51H99NO4. The van der Waals surface area contributed by atoms with Crippen LogP contribution in [0, 0.1) is 0 Å². The Labute approximate surface area is 350 Å². The van der Waals surface area contributed by atoms with E-state index < -0.39 is 18.2 Å². The van der Waals surface area contributed by atoms with Crippen molar-refractivity contribution in [2.24, 2.45) is 0 Å². The summed E-state index contributed by atoms with van der Waals surface area (Å²) in [5, 5.41) is 33.5. The Kier molecular flexibility index (Phi) is 45.5. The summed E-state index contributed by atoms with van der Waals surface area (Å²) in [7, 11) is 0. The van der Waals surface area contributed by atoms with Crippen LogP contribution in [0.3, 0.4) is 0 Å². The average Bonchev–Trinajstić information content (AvgIpc) is 3.20.